The van der Waals surface area contributed by atoms with Gasteiger partial charge >= 0.3 is 5.97 Å². The van der Waals surface area contributed by atoms with Gasteiger partial charge in [-0.15, -0.1) is 0 Å². The number of methoxy groups -OCH3 is 2. The minimum absolute atomic E-state index is 0.0866. The highest BCUT2D eigenvalue weighted by atomic mass is 32.2. The summed E-state index contributed by atoms with van der Waals surface area (Å²) in [4.78, 5) is 32.9. The van der Waals surface area contributed by atoms with E-state index >= 15 is 0 Å². The van der Waals surface area contributed by atoms with Crippen molar-refractivity contribution in [2.45, 2.75) is 32.9 Å². The Bertz CT molecular complexity index is 1380. The molecule has 204 valence electrons. The predicted molar refractivity (Wildman–Crippen MR) is 146 cm³/mol. The Morgan fingerprint density at radius 3 is 2.56 bits per heavy atom. The van der Waals surface area contributed by atoms with E-state index in [2.05, 4.69) is 10.3 Å². The molecule has 0 saturated heterocycles. The molecule has 0 aromatic heterocycles. The molecule has 10 nitrogen and oxygen atoms in total. The van der Waals surface area contributed by atoms with Crippen LogP contribution in [0, 0.1) is 0 Å². The Kier molecular flexibility index (Phi) is 7.69. The lowest BCUT2D eigenvalue weighted by Crippen LogP contribution is -2.38. The first kappa shape index (κ1) is 26.5. The second-order valence-corrected chi connectivity index (χ2v) is 9.74. The molecule has 0 bridgehead atoms. The number of hydrogen-bond donors (Lipinski definition) is 1. The highest BCUT2D eigenvalue weighted by Crippen LogP contribution is 2.46. The molecule has 0 unspecified atom stereocenters. The first-order valence-electron chi connectivity index (χ1n) is 12.4. The van der Waals surface area contributed by atoms with Crippen molar-refractivity contribution in [1.29, 1.82) is 0 Å². The number of thioether (sulfide) groups is 1. The Balaban J connectivity index is 1.41. The smallest absolute Gasteiger partial charge is 0.338 e. The highest BCUT2D eigenvalue weighted by molar-refractivity contribution is 8.16. The van der Waals surface area contributed by atoms with Gasteiger partial charge in [0.2, 0.25) is 12.7 Å². The number of benzene rings is 2. The number of nitrogens with zero attached hydrogens (tertiary/aromatic N) is 2. The van der Waals surface area contributed by atoms with Crippen LogP contribution >= 0.6 is 11.8 Å². The molecular weight excluding hydrogens is 522 g/mol. The van der Waals surface area contributed by atoms with E-state index in [0.717, 1.165) is 11.1 Å². The molecule has 0 spiro atoms. The van der Waals surface area contributed by atoms with E-state index in [4.69, 9.17) is 23.7 Å². The van der Waals surface area contributed by atoms with Crippen LogP contribution < -0.4 is 24.3 Å². The van der Waals surface area contributed by atoms with Crippen molar-refractivity contribution in [3.8, 4) is 23.0 Å². The first-order chi connectivity index (χ1) is 18.9. The topological polar surface area (TPSA) is 108 Å². The normalized spacial score (nSPS) is 17.3. The van der Waals surface area contributed by atoms with Crippen molar-refractivity contribution in [2.75, 3.05) is 27.6 Å². The summed E-state index contributed by atoms with van der Waals surface area (Å²) in [5, 5.41) is 5.54. The van der Waals surface area contributed by atoms with Crippen LogP contribution in [0.3, 0.4) is 0 Å². The number of nitrogens with one attached hydrogen (secondary N) is 1. The molecule has 1 N–H and O–H groups in total. The van der Waals surface area contributed by atoms with Gasteiger partial charge < -0.3 is 33.9 Å². The Hall–Kier alpha value is -4.12. The third-order valence-electron chi connectivity index (χ3n) is 6.45. The van der Waals surface area contributed by atoms with Crippen LogP contribution in [0.4, 0.5) is 0 Å². The number of rotatable bonds is 9. The molecule has 0 aliphatic carbocycles. The monoisotopic (exact) mass is 551 g/mol. The van der Waals surface area contributed by atoms with Gasteiger partial charge in [-0.3, -0.25) is 4.79 Å². The van der Waals surface area contributed by atoms with Crippen LogP contribution in [-0.2, 0) is 20.9 Å². The lowest BCUT2D eigenvalue weighted by Gasteiger charge is -2.36. The SMILES string of the molecule is CCOC(=O)C1=C(C)N=C2SC=C(CC(=O)NCc3ccc4c(c3)OCO4)N2[C@H]1c1cc(OC)cc(OC)c1. The van der Waals surface area contributed by atoms with Crippen molar-refractivity contribution in [1.82, 2.24) is 10.2 Å². The van der Waals surface area contributed by atoms with Crippen LogP contribution in [-0.4, -0.2) is 49.6 Å². The second-order valence-electron chi connectivity index (χ2n) is 8.90. The molecule has 5 rings (SSSR count). The molecule has 39 heavy (non-hydrogen) atoms. The molecule has 1 amide bonds. The average molecular weight is 552 g/mol. The van der Waals surface area contributed by atoms with E-state index in [-0.39, 0.29) is 25.7 Å². The molecule has 2 aromatic carbocycles. The van der Waals surface area contributed by atoms with E-state index in [1.807, 2.05) is 40.6 Å². The van der Waals surface area contributed by atoms with Crippen LogP contribution in [0.2, 0.25) is 0 Å². The van der Waals surface area contributed by atoms with E-state index < -0.39 is 12.0 Å². The summed E-state index contributed by atoms with van der Waals surface area (Å²) >= 11 is 1.41. The molecule has 3 heterocycles. The second kappa shape index (κ2) is 11.3. The molecule has 1 atom stereocenters. The number of ether oxygens (including phenoxy) is 5. The molecule has 0 fully saturated rings. The van der Waals surface area contributed by atoms with Gasteiger partial charge in [0, 0.05) is 18.3 Å². The van der Waals surface area contributed by atoms with Gasteiger partial charge in [-0.05, 0) is 54.6 Å². The maximum absolute atomic E-state index is 13.2. The summed E-state index contributed by atoms with van der Waals surface area (Å²) in [5.41, 5.74) is 3.30. The Morgan fingerprint density at radius 1 is 1.10 bits per heavy atom. The third-order valence-corrected chi connectivity index (χ3v) is 7.34. The summed E-state index contributed by atoms with van der Waals surface area (Å²) in [7, 11) is 3.14. The Morgan fingerprint density at radius 2 is 1.85 bits per heavy atom. The zero-order valence-corrected chi connectivity index (χ0v) is 22.9. The molecule has 0 radical (unpaired) electrons. The molecule has 2 aromatic rings. The fourth-order valence-corrected chi connectivity index (χ4v) is 5.59. The summed E-state index contributed by atoms with van der Waals surface area (Å²) in [6.07, 6.45) is 0.0866. The summed E-state index contributed by atoms with van der Waals surface area (Å²) in [5.74, 6) is 1.87. The van der Waals surface area contributed by atoms with Gasteiger partial charge in [0.1, 0.15) is 11.5 Å². The van der Waals surface area contributed by atoms with Gasteiger partial charge in [-0.1, -0.05) is 17.8 Å². The summed E-state index contributed by atoms with van der Waals surface area (Å²) in [6.45, 7) is 4.30. The average Bonchev–Trinajstić information content (AvgIpc) is 3.57. The van der Waals surface area contributed by atoms with Crippen LogP contribution in [0.1, 0.15) is 37.4 Å². The summed E-state index contributed by atoms with van der Waals surface area (Å²) in [6, 6.07) is 10.4. The number of amidine groups is 1. The third kappa shape index (κ3) is 5.40. The lowest BCUT2D eigenvalue weighted by atomic mass is 9.93. The van der Waals surface area contributed by atoms with Crippen molar-refractivity contribution in [3.05, 3.63) is 69.9 Å². The maximum atomic E-state index is 13.2. The number of amides is 1. The number of allylic oxidation sites excluding steroid dienone is 1. The molecular formula is C28H29N3O7S. The summed E-state index contributed by atoms with van der Waals surface area (Å²) < 4.78 is 27.2. The quantitative estimate of drug-likeness (QED) is 0.457. The molecule has 3 aliphatic rings. The van der Waals surface area contributed by atoms with E-state index in [1.165, 1.54) is 11.8 Å². The number of esters is 1. The van der Waals surface area contributed by atoms with E-state index in [1.54, 1.807) is 34.1 Å². The van der Waals surface area contributed by atoms with Gasteiger partial charge in [-0.2, -0.15) is 0 Å². The van der Waals surface area contributed by atoms with Crippen molar-refractivity contribution in [3.63, 3.8) is 0 Å². The van der Waals surface area contributed by atoms with Gasteiger partial charge in [0.15, 0.2) is 16.7 Å². The number of fused-ring (bicyclic) bond motifs is 2. The number of aliphatic imine (C=N–C) groups is 1. The van der Waals surface area contributed by atoms with Crippen LogP contribution in [0.5, 0.6) is 23.0 Å². The van der Waals surface area contributed by atoms with E-state index in [0.29, 0.717) is 51.7 Å². The van der Waals surface area contributed by atoms with Gasteiger partial charge in [-0.25, -0.2) is 9.79 Å². The number of carbonyl (C=O) groups excluding carboxylic acids is 2. The minimum Gasteiger partial charge on any atom is -0.497 e. The number of hydrogen-bond acceptors (Lipinski definition) is 10. The van der Waals surface area contributed by atoms with Crippen molar-refractivity contribution in [2.24, 2.45) is 4.99 Å². The lowest BCUT2D eigenvalue weighted by molar-refractivity contribution is -0.139. The van der Waals surface area contributed by atoms with E-state index in [9.17, 15) is 9.59 Å². The largest absolute Gasteiger partial charge is 0.497 e. The highest BCUT2D eigenvalue weighted by Gasteiger charge is 2.41. The molecule has 11 heteroatoms. The van der Waals surface area contributed by atoms with Gasteiger partial charge in [0.05, 0.1) is 44.6 Å². The zero-order valence-electron chi connectivity index (χ0n) is 22.1. The standard InChI is InChI=1S/C28H29N3O7S/c1-5-36-27(33)25-16(2)30-28-31(26(25)18-9-20(34-3)12-21(10-18)35-4)19(14-39-28)11-24(32)29-13-17-6-7-22-23(8-17)38-15-37-22/h6-10,12,14,26H,5,11,13,15H2,1-4H3,(H,29,32)/t26-/m0/s1. The fraction of sp³-hybridized carbons (Fsp3) is 0.321. The van der Waals surface area contributed by atoms with Crippen molar-refractivity contribution >= 4 is 28.8 Å². The van der Waals surface area contributed by atoms with Crippen LogP contribution in [0.15, 0.2) is 63.8 Å². The first-order valence-corrected chi connectivity index (χ1v) is 13.3. The molecule has 0 saturated carbocycles. The fourth-order valence-electron chi connectivity index (χ4n) is 4.62. The van der Waals surface area contributed by atoms with Crippen LogP contribution in [0.25, 0.3) is 0 Å². The minimum atomic E-state index is -0.594. The van der Waals surface area contributed by atoms with Gasteiger partial charge in [0.25, 0.3) is 0 Å². The van der Waals surface area contributed by atoms with Crippen molar-refractivity contribution < 1.29 is 33.3 Å². The molecule has 3 aliphatic heterocycles. The number of carbonyl (C=O) groups is 2. The maximum Gasteiger partial charge on any atom is 0.338 e. The predicted octanol–water partition coefficient (Wildman–Crippen LogP) is 4.28. The Labute approximate surface area is 230 Å². The zero-order chi connectivity index (χ0) is 27.5.